The van der Waals surface area contributed by atoms with E-state index in [-0.39, 0.29) is 11.7 Å². The minimum atomic E-state index is -0.196. The normalized spacial score (nSPS) is 17.3. The molecule has 6 heteroatoms. The summed E-state index contributed by atoms with van der Waals surface area (Å²) >= 11 is 0. The summed E-state index contributed by atoms with van der Waals surface area (Å²) in [5.74, 6) is -0.260. The number of para-hydroxylation sites is 1. The average Bonchev–Trinajstić information content (AvgIpc) is 3.46. The van der Waals surface area contributed by atoms with Crippen molar-refractivity contribution < 1.29 is 9.18 Å². The Balaban J connectivity index is 1.50. The van der Waals surface area contributed by atoms with Crippen molar-refractivity contribution >= 4 is 23.0 Å². The minimum absolute atomic E-state index is 0.0636. The fourth-order valence-corrected chi connectivity index (χ4v) is 3.40. The van der Waals surface area contributed by atoms with E-state index in [1.807, 2.05) is 29.2 Å². The lowest BCUT2D eigenvalue weighted by atomic mass is 10.1. The SMILES string of the molecule is Nc1ccc(N2CCN(c3ccccc3F)CC2)c(C(=O)NC2CC2)c1. The van der Waals surface area contributed by atoms with Crippen molar-refractivity contribution in [1.29, 1.82) is 0 Å². The van der Waals surface area contributed by atoms with Crippen LogP contribution in [0.2, 0.25) is 0 Å². The molecule has 1 amide bonds. The third-order valence-corrected chi connectivity index (χ3v) is 4.99. The van der Waals surface area contributed by atoms with E-state index in [0.29, 0.717) is 36.1 Å². The largest absolute Gasteiger partial charge is 0.399 e. The lowest BCUT2D eigenvalue weighted by Crippen LogP contribution is -2.47. The fraction of sp³-hybridized carbons (Fsp3) is 0.350. The number of anilines is 3. The first-order valence-corrected chi connectivity index (χ1v) is 9.06. The topological polar surface area (TPSA) is 61.6 Å². The highest BCUT2D eigenvalue weighted by atomic mass is 19.1. The van der Waals surface area contributed by atoms with E-state index in [9.17, 15) is 9.18 Å². The highest BCUT2D eigenvalue weighted by molar-refractivity contribution is 6.01. The summed E-state index contributed by atoms with van der Waals surface area (Å²) in [5, 5.41) is 3.04. The molecule has 2 aromatic carbocycles. The molecule has 2 aromatic rings. The Morgan fingerprint density at radius 1 is 1.00 bits per heavy atom. The second-order valence-electron chi connectivity index (χ2n) is 6.95. The monoisotopic (exact) mass is 354 g/mol. The first kappa shape index (κ1) is 16.7. The van der Waals surface area contributed by atoms with Crippen molar-refractivity contribution in [2.24, 2.45) is 0 Å². The van der Waals surface area contributed by atoms with E-state index in [1.54, 1.807) is 12.1 Å². The van der Waals surface area contributed by atoms with Crippen molar-refractivity contribution in [1.82, 2.24) is 5.32 Å². The number of hydrogen-bond donors (Lipinski definition) is 2. The maximum atomic E-state index is 14.0. The first-order chi connectivity index (χ1) is 12.6. The van der Waals surface area contributed by atoms with Crippen LogP contribution in [-0.2, 0) is 0 Å². The Kier molecular flexibility index (Phi) is 4.41. The maximum absolute atomic E-state index is 14.0. The molecule has 4 rings (SSSR count). The molecule has 1 saturated heterocycles. The van der Waals surface area contributed by atoms with Gasteiger partial charge in [-0.05, 0) is 43.2 Å². The predicted octanol–water partition coefficient (Wildman–Crippen LogP) is 2.63. The first-order valence-electron chi connectivity index (χ1n) is 9.06. The molecule has 0 radical (unpaired) electrons. The van der Waals surface area contributed by atoms with Crippen molar-refractivity contribution in [3.05, 3.63) is 53.8 Å². The molecule has 136 valence electrons. The third kappa shape index (κ3) is 3.45. The quantitative estimate of drug-likeness (QED) is 0.829. The van der Waals surface area contributed by atoms with Crippen LogP contribution < -0.4 is 20.9 Å². The zero-order valence-electron chi connectivity index (χ0n) is 14.6. The Hall–Kier alpha value is -2.76. The molecule has 0 atom stereocenters. The minimum Gasteiger partial charge on any atom is -0.399 e. The standard InChI is InChI=1S/C20H23FN4O/c21-17-3-1-2-4-19(17)25-11-9-24(10-12-25)18-8-5-14(22)13-16(18)20(26)23-15-6-7-15/h1-5,8,13,15H,6-7,9-12,22H2,(H,23,26). The molecule has 1 saturated carbocycles. The van der Waals surface area contributed by atoms with E-state index in [2.05, 4.69) is 10.2 Å². The lowest BCUT2D eigenvalue weighted by Gasteiger charge is -2.38. The highest BCUT2D eigenvalue weighted by Crippen LogP contribution is 2.28. The average molecular weight is 354 g/mol. The van der Waals surface area contributed by atoms with Crippen LogP contribution in [0, 0.1) is 5.82 Å². The number of halogens is 1. The molecule has 5 nitrogen and oxygen atoms in total. The third-order valence-electron chi connectivity index (χ3n) is 4.99. The maximum Gasteiger partial charge on any atom is 0.253 e. The Morgan fingerprint density at radius 3 is 2.31 bits per heavy atom. The summed E-state index contributed by atoms with van der Waals surface area (Å²) in [6, 6.07) is 12.6. The van der Waals surface area contributed by atoms with Crippen LogP contribution in [0.5, 0.6) is 0 Å². The molecule has 0 unspecified atom stereocenters. The van der Waals surface area contributed by atoms with Gasteiger partial charge >= 0.3 is 0 Å². The van der Waals surface area contributed by atoms with E-state index >= 15 is 0 Å². The Bertz CT molecular complexity index is 813. The summed E-state index contributed by atoms with van der Waals surface area (Å²) in [7, 11) is 0. The zero-order chi connectivity index (χ0) is 18.1. The van der Waals surface area contributed by atoms with Crippen molar-refractivity contribution in [3.63, 3.8) is 0 Å². The number of piperazine rings is 1. The summed E-state index contributed by atoms with van der Waals surface area (Å²) in [6.07, 6.45) is 2.09. The summed E-state index contributed by atoms with van der Waals surface area (Å²) in [6.45, 7) is 2.86. The van der Waals surface area contributed by atoms with E-state index in [4.69, 9.17) is 5.73 Å². The van der Waals surface area contributed by atoms with Crippen molar-refractivity contribution in [2.45, 2.75) is 18.9 Å². The summed E-state index contributed by atoms with van der Waals surface area (Å²) in [5.41, 5.74) is 8.64. The molecule has 1 aliphatic carbocycles. The molecule has 0 aromatic heterocycles. The number of carbonyl (C=O) groups excluding carboxylic acids is 1. The van der Waals surface area contributed by atoms with Gasteiger partial charge in [-0.2, -0.15) is 0 Å². The second kappa shape index (κ2) is 6.86. The molecular formula is C20H23FN4O. The molecule has 0 bridgehead atoms. The number of nitrogens with zero attached hydrogens (tertiary/aromatic N) is 2. The van der Waals surface area contributed by atoms with Gasteiger partial charge in [0.25, 0.3) is 5.91 Å². The van der Waals surface area contributed by atoms with Gasteiger partial charge in [-0.3, -0.25) is 4.79 Å². The van der Waals surface area contributed by atoms with Gasteiger partial charge in [-0.15, -0.1) is 0 Å². The number of nitrogen functional groups attached to an aromatic ring is 1. The number of nitrogens with two attached hydrogens (primary N) is 1. The summed E-state index contributed by atoms with van der Waals surface area (Å²) < 4.78 is 14.0. The zero-order valence-corrected chi connectivity index (χ0v) is 14.6. The number of carbonyl (C=O) groups is 1. The van der Waals surface area contributed by atoms with Gasteiger partial charge in [-0.25, -0.2) is 4.39 Å². The van der Waals surface area contributed by atoms with Crippen LogP contribution in [0.25, 0.3) is 0 Å². The molecule has 0 spiro atoms. The van der Waals surface area contributed by atoms with Gasteiger partial charge in [0.2, 0.25) is 0 Å². The van der Waals surface area contributed by atoms with Gasteiger partial charge in [0.15, 0.2) is 0 Å². The smallest absolute Gasteiger partial charge is 0.253 e. The second-order valence-corrected chi connectivity index (χ2v) is 6.95. The number of nitrogens with one attached hydrogen (secondary N) is 1. The van der Waals surface area contributed by atoms with E-state index < -0.39 is 0 Å². The van der Waals surface area contributed by atoms with Crippen molar-refractivity contribution in [2.75, 3.05) is 41.7 Å². The Labute approximate surface area is 152 Å². The molecule has 1 aliphatic heterocycles. The lowest BCUT2D eigenvalue weighted by molar-refractivity contribution is 0.0951. The van der Waals surface area contributed by atoms with Gasteiger partial charge < -0.3 is 20.9 Å². The molecule has 1 heterocycles. The number of rotatable bonds is 4. The molecule has 26 heavy (non-hydrogen) atoms. The van der Waals surface area contributed by atoms with Crippen LogP contribution in [0.1, 0.15) is 23.2 Å². The van der Waals surface area contributed by atoms with Crippen molar-refractivity contribution in [3.8, 4) is 0 Å². The number of benzene rings is 2. The van der Waals surface area contributed by atoms with Crippen LogP contribution in [-0.4, -0.2) is 38.1 Å². The molecule has 3 N–H and O–H groups in total. The summed E-state index contributed by atoms with van der Waals surface area (Å²) in [4.78, 5) is 16.8. The fourth-order valence-electron chi connectivity index (χ4n) is 3.40. The van der Waals surface area contributed by atoms with E-state index in [1.165, 1.54) is 6.07 Å². The molecule has 2 fully saturated rings. The molecular weight excluding hydrogens is 331 g/mol. The predicted molar refractivity (Wildman–Crippen MR) is 102 cm³/mol. The number of hydrogen-bond acceptors (Lipinski definition) is 4. The van der Waals surface area contributed by atoms with Gasteiger partial charge in [0.1, 0.15) is 5.82 Å². The van der Waals surface area contributed by atoms with Gasteiger partial charge in [0, 0.05) is 43.6 Å². The molecule has 2 aliphatic rings. The van der Waals surface area contributed by atoms with E-state index in [0.717, 1.165) is 31.6 Å². The highest BCUT2D eigenvalue weighted by Gasteiger charge is 2.27. The van der Waals surface area contributed by atoms with Gasteiger partial charge in [0.05, 0.1) is 11.3 Å². The van der Waals surface area contributed by atoms with Crippen LogP contribution >= 0.6 is 0 Å². The Morgan fingerprint density at radius 2 is 1.65 bits per heavy atom. The van der Waals surface area contributed by atoms with Crippen LogP contribution in [0.15, 0.2) is 42.5 Å². The van der Waals surface area contributed by atoms with Crippen LogP contribution in [0.4, 0.5) is 21.5 Å². The van der Waals surface area contributed by atoms with Gasteiger partial charge in [-0.1, -0.05) is 12.1 Å². The number of amides is 1. The van der Waals surface area contributed by atoms with Crippen LogP contribution in [0.3, 0.4) is 0 Å².